The Bertz CT molecular complexity index is 558. The van der Waals surface area contributed by atoms with Gasteiger partial charge in [0.05, 0.1) is 5.69 Å². The molecule has 0 saturated carbocycles. The van der Waals surface area contributed by atoms with Crippen LogP contribution in [-0.2, 0) is 13.5 Å². The lowest BCUT2D eigenvalue weighted by Crippen LogP contribution is -2.20. The molecule has 4 heteroatoms. The quantitative estimate of drug-likeness (QED) is 0.840. The van der Waals surface area contributed by atoms with Crippen LogP contribution in [0.3, 0.4) is 0 Å². The first-order valence-corrected chi connectivity index (χ1v) is 7.52. The van der Waals surface area contributed by atoms with Crippen LogP contribution in [0.2, 0.25) is 0 Å². The van der Waals surface area contributed by atoms with Crippen molar-refractivity contribution in [2.24, 2.45) is 7.05 Å². The molecule has 0 spiro atoms. The predicted molar refractivity (Wildman–Crippen MR) is 87.3 cm³/mol. The van der Waals surface area contributed by atoms with E-state index >= 15 is 0 Å². The number of hydrogen-bond acceptors (Lipinski definition) is 2. The predicted octanol–water partition coefficient (Wildman–Crippen LogP) is 3.14. The summed E-state index contributed by atoms with van der Waals surface area (Å²) in [6, 6.07) is 9.03. The third-order valence-corrected chi connectivity index (χ3v) is 4.33. The van der Waals surface area contributed by atoms with Gasteiger partial charge in [-0.05, 0) is 67.6 Å². The molecule has 1 atom stereocenters. The van der Waals surface area contributed by atoms with Crippen LogP contribution in [0.4, 0.5) is 0 Å². The average Bonchev–Trinajstić information content (AvgIpc) is 2.63. The number of likely N-dealkylation sites (N-methyl/N-ethyl adjacent to an activating group) is 1. The molecule has 1 heterocycles. The minimum absolute atomic E-state index is 0.314. The molecule has 0 amide bonds. The summed E-state index contributed by atoms with van der Waals surface area (Å²) in [6.07, 6.45) is 0.987. The number of rotatable bonds is 4. The van der Waals surface area contributed by atoms with Crippen LogP contribution >= 0.6 is 22.6 Å². The van der Waals surface area contributed by atoms with Gasteiger partial charge in [0.2, 0.25) is 0 Å². The van der Waals surface area contributed by atoms with Crippen molar-refractivity contribution in [3.8, 4) is 0 Å². The Hall–Kier alpha value is -0.880. The number of benzene rings is 1. The zero-order chi connectivity index (χ0) is 14.0. The molecular formula is C15H20IN3. The second-order valence-electron chi connectivity index (χ2n) is 4.88. The summed E-state index contributed by atoms with van der Waals surface area (Å²) in [5.74, 6) is 0. The zero-order valence-corrected chi connectivity index (χ0v) is 14.0. The van der Waals surface area contributed by atoms with Crippen LogP contribution in [0.25, 0.3) is 0 Å². The van der Waals surface area contributed by atoms with Gasteiger partial charge in [-0.1, -0.05) is 12.1 Å². The molecule has 0 aliphatic carbocycles. The molecule has 0 bridgehead atoms. The summed E-state index contributed by atoms with van der Waals surface area (Å²) in [5, 5.41) is 7.93. The van der Waals surface area contributed by atoms with E-state index in [9.17, 15) is 0 Å². The molecule has 0 saturated heterocycles. The Morgan fingerprint density at radius 2 is 1.89 bits per heavy atom. The van der Waals surface area contributed by atoms with E-state index < -0.39 is 0 Å². The summed E-state index contributed by atoms with van der Waals surface area (Å²) in [7, 11) is 4.02. The van der Waals surface area contributed by atoms with Crippen molar-refractivity contribution in [2.45, 2.75) is 26.3 Å². The first-order valence-electron chi connectivity index (χ1n) is 6.44. The smallest absolute Gasteiger partial charge is 0.0644 e. The fourth-order valence-corrected chi connectivity index (χ4v) is 2.86. The van der Waals surface area contributed by atoms with Crippen LogP contribution in [0, 0.1) is 17.4 Å². The highest BCUT2D eigenvalue weighted by Gasteiger charge is 2.18. The van der Waals surface area contributed by atoms with Crippen molar-refractivity contribution in [3.63, 3.8) is 0 Å². The van der Waals surface area contributed by atoms with Gasteiger partial charge in [-0.2, -0.15) is 5.10 Å². The normalized spacial score (nSPS) is 12.7. The largest absolute Gasteiger partial charge is 0.313 e. The highest BCUT2D eigenvalue weighted by atomic mass is 127. The standard InChI is InChI=1S/C15H20IN3/c1-10-15(11(2)19(4)18-10)14(17-3)9-12-5-7-13(16)8-6-12/h5-8,14,17H,9H2,1-4H3. The Morgan fingerprint density at radius 3 is 2.37 bits per heavy atom. The van der Waals surface area contributed by atoms with Crippen molar-refractivity contribution in [1.82, 2.24) is 15.1 Å². The van der Waals surface area contributed by atoms with Gasteiger partial charge in [-0.15, -0.1) is 0 Å². The lowest BCUT2D eigenvalue weighted by Gasteiger charge is -2.17. The van der Waals surface area contributed by atoms with Gasteiger partial charge >= 0.3 is 0 Å². The SMILES string of the molecule is CNC(Cc1ccc(I)cc1)c1c(C)nn(C)c1C. The van der Waals surface area contributed by atoms with Gasteiger partial charge in [-0.3, -0.25) is 4.68 Å². The number of aryl methyl sites for hydroxylation is 2. The van der Waals surface area contributed by atoms with E-state index in [-0.39, 0.29) is 0 Å². The fraction of sp³-hybridized carbons (Fsp3) is 0.400. The molecule has 3 nitrogen and oxygen atoms in total. The van der Waals surface area contributed by atoms with Gasteiger partial charge < -0.3 is 5.32 Å². The molecule has 0 fully saturated rings. The van der Waals surface area contributed by atoms with Gasteiger partial charge in [-0.25, -0.2) is 0 Å². The Balaban J connectivity index is 2.27. The Morgan fingerprint density at radius 1 is 1.26 bits per heavy atom. The number of aromatic nitrogens is 2. The van der Waals surface area contributed by atoms with E-state index in [4.69, 9.17) is 0 Å². The molecular weight excluding hydrogens is 349 g/mol. The van der Waals surface area contributed by atoms with E-state index in [1.807, 2.05) is 18.8 Å². The second-order valence-corrected chi connectivity index (χ2v) is 6.13. The summed E-state index contributed by atoms with van der Waals surface area (Å²) in [4.78, 5) is 0. The van der Waals surface area contributed by atoms with Crippen molar-refractivity contribution < 1.29 is 0 Å². The summed E-state index contributed by atoms with van der Waals surface area (Å²) >= 11 is 2.34. The number of hydrogen-bond donors (Lipinski definition) is 1. The first kappa shape index (κ1) is 14.5. The topological polar surface area (TPSA) is 29.9 Å². The van der Waals surface area contributed by atoms with Crippen LogP contribution in [-0.4, -0.2) is 16.8 Å². The van der Waals surface area contributed by atoms with Crippen LogP contribution < -0.4 is 5.32 Å². The third kappa shape index (κ3) is 3.17. The lowest BCUT2D eigenvalue weighted by atomic mass is 9.97. The number of nitrogens with one attached hydrogen (secondary N) is 1. The van der Waals surface area contributed by atoms with E-state index in [0.717, 1.165) is 12.1 Å². The van der Waals surface area contributed by atoms with E-state index in [2.05, 4.69) is 71.1 Å². The van der Waals surface area contributed by atoms with Crippen LogP contribution in [0.1, 0.15) is 28.6 Å². The Kier molecular flexibility index (Phi) is 4.62. The summed E-state index contributed by atoms with van der Waals surface area (Å²) in [5.41, 5.74) is 5.03. The summed E-state index contributed by atoms with van der Waals surface area (Å²) < 4.78 is 3.24. The molecule has 2 aromatic rings. The van der Waals surface area contributed by atoms with E-state index in [1.54, 1.807) is 0 Å². The minimum atomic E-state index is 0.314. The maximum Gasteiger partial charge on any atom is 0.0644 e. The first-order chi connectivity index (χ1) is 9.02. The fourth-order valence-electron chi connectivity index (χ4n) is 2.50. The average molecular weight is 369 g/mol. The van der Waals surface area contributed by atoms with Crippen molar-refractivity contribution in [2.75, 3.05) is 7.05 Å². The lowest BCUT2D eigenvalue weighted by molar-refractivity contribution is 0.584. The molecule has 1 aromatic carbocycles. The second kappa shape index (κ2) is 6.05. The maximum absolute atomic E-state index is 4.51. The third-order valence-electron chi connectivity index (χ3n) is 3.61. The van der Waals surface area contributed by atoms with E-state index in [1.165, 1.54) is 20.4 Å². The molecule has 102 valence electrons. The van der Waals surface area contributed by atoms with Gasteiger partial charge in [0.25, 0.3) is 0 Å². The van der Waals surface area contributed by atoms with Gasteiger partial charge in [0.15, 0.2) is 0 Å². The van der Waals surface area contributed by atoms with Gasteiger partial charge in [0, 0.05) is 27.9 Å². The highest BCUT2D eigenvalue weighted by Crippen LogP contribution is 2.24. The molecule has 19 heavy (non-hydrogen) atoms. The molecule has 1 unspecified atom stereocenters. The summed E-state index contributed by atoms with van der Waals surface area (Å²) in [6.45, 7) is 4.22. The molecule has 0 aliphatic rings. The van der Waals surface area contributed by atoms with Crippen molar-refractivity contribution in [3.05, 3.63) is 50.4 Å². The monoisotopic (exact) mass is 369 g/mol. The minimum Gasteiger partial charge on any atom is -0.313 e. The van der Waals surface area contributed by atoms with Crippen molar-refractivity contribution >= 4 is 22.6 Å². The van der Waals surface area contributed by atoms with E-state index in [0.29, 0.717) is 6.04 Å². The number of nitrogens with zero attached hydrogens (tertiary/aromatic N) is 2. The zero-order valence-electron chi connectivity index (χ0n) is 11.9. The Labute approximate surface area is 128 Å². The molecule has 1 aromatic heterocycles. The van der Waals surface area contributed by atoms with Crippen LogP contribution in [0.5, 0.6) is 0 Å². The maximum atomic E-state index is 4.51. The highest BCUT2D eigenvalue weighted by molar-refractivity contribution is 14.1. The van der Waals surface area contributed by atoms with Crippen molar-refractivity contribution in [1.29, 1.82) is 0 Å². The molecule has 0 aliphatic heterocycles. The molecule has 0 radical (unpaired) electrons. The molecule has 2 rings (SSSR count). The molecule has 1 N–H and O–H groups in total. The number of halogens is 1. The van der Waals surface area contributed by atoms with Crippen LogP contribution in [0.15, 0.2) is 24.3 Å². The van der Waals surface area contributed by atoms with Gasteiger partial charge in [0.1, 0.15) is 0 Å².